The fourth-order valence-electron chi connectivity index (χ4n) is 11.0. The Labute approximate surface area is 452 Å². The van der Waals surface area contributed by atoms with Crippen molar-refractivity contribution in [2.45, 2.75) is 13.1 Å². The second-order valence-electron chi connectivity index (χ2n) is 19.7. The predicted molar refractivity (Wildman–Crippen MR) is 309 cm³/mol. The fourth-order valence-corrected chi connectivity index (χ4v) is 11.0. The van der Waals surface area contributed by atoms with Crippen molar-refractivity contribution in [3.63, 3.8) is 0 Å². The SMILES string of the molecule is Cc1ccc(-c2ccc3c4ccc(-c5ccc(C#N)cc5)cc4n(-c4cc(C(F)(F)F)cc(-n5c6cc(-c7ccc(C#N)cc7)ccc6c6ccc(-c7ccc(C#N)cc7)cc65)c4-c4cccc(-c5ccccc5)n4)c3c2)cc1. The van der Waals surface area contributed by atoms with Gasteiger partial charge in [-0.3, -0.25) is 0 Å². The standard InChI is InChI=1S/C70H41F3N6/c1-43-10-18-47(19-11-43)52-26-30-57-58-31-27-53(48-20-12-44(40-74)13-21-48)35-64(58)78(63(57)34-52)67-38-56(70(71,72)73)39-68(69(67)62-9-5-8-61(77-62)51-6-3-2-4-7-51)79-65-36-54(49-22-14-45(41-75)15-23-49)28-32-59(65)60-33-29-55(37-66(60)79)50-24-16-46(42-76)17-25-50/h2-39H,1H3. The van der Waals surface area contributed by atoms with Crippen LogP contribution in [0.15, 0.2) is 231 Å². The van der Waals surface area contributed by atoms with Gasteiger partial charge in [-0.05, 0) is 136 Å². The van der Waals surface area contributed by atoms with Gasteiger partial charge in [-0.15, -0.1) is 0 Å². The third-order valence-corrected chi connectivity index (χ3v) is 14.9. The molecule has 0 aliphatic carbocycles. The largest absolute Gasteiger partial charge is 0.416 e. The Bertz CT molecular complexity index is 4590. The molecular weight excluding hydrogens is 982 g/mol. The lowest BCUT2D eigenvalue weighted by Gasteiger charge is -2.23. The van der Waals surface area contributed by atoms with Gasteiger partial charge in [0, 0.05) is 32.7 Å². The number of alkyl halides is 3. The van der Waals surface area contributed by atoms with Gasteiger partial charge in [-0.25, -0.2) is 4.98 Å². The predicted octanol–water partition coefficient (Wildman–Crippen LogP) is 18.2. The number of pyridine rings is 1. The van der Waals surface area contributed by atoms with Crippen molar-refractivity contribution in [2.75, 3.05) is 0 Å². The number of benzene rings is 10. The Morgan fingerprint density at radius 1 is 0.354 bits per heavy atom. The second kappa shape index (κ2) is 19.1. The Kier molecular flexibility index (Phi) is 11.6. The van der Waals surface area contributed by atoms with E-state index < -0.39 is 11.7 Å². The summed E-state index contributed by atoms with van der Waals surface area (Å²) in [4.78, 5) is 5.40. The van der Waals surface area contributed by atoms with Gasteiger partial charge >= 0.3 is 6.18 Å². The third-order valence-electron chi connectivity index (χ3n) is 14.9. The van der Waals surface area contributed by atoms with E-state index in [9.17, 15) is 15.8 Å². The van der Waals surface area contributed by atoms with Gasteiger partial charge in [0.05, 0.1) is 85.3 Å². The number of halogens is 3. The molecule has 0 saturated carbocycles. The fraction of sp³-hybridized carbons (Fsp3) is 0.0286. The summed E-state index contributed by atoms with van der Waals surface area (Å²) in [5.74, 6) is 0. The van der Waals surface area contributed by atoms with Gasteiger partial charge in [0.15, 0.2) is 0 Å². The van der Waals surface area contributed by atoms with Gasteiger partial charge in [-0.1, -0.05) is 151 Å². The molecule has 3 heterocycles. The summed E-state index contributed by atoms with van der Waals surface area (Å²) in [6, 6.07) is 78.8. The van der Waals surface area contributed by atoms with E-state index in [2.05, 4.69) is 48.5 Å². The van der Waals surface area contributed by atoms with Crippen LogP contribution in [0.2, 0.25) is 0 Å². The number of hydrogen-bond donors (Lipinski definition) is 0. The van der Waals surface area contributed by atoms with Crippen LogP contribution in [0.1, 0.15) is 27.8 Å². The first-order valence-electron chi connectivity index (χ1n) is 25.6. The van der Waals surface area contributed by atoms with Crippen LogP contribution in [0.3, 0.4) is 0 Å². The van der Waals surface area contributed by atoms with Crippen molar-refractivity contribution in [1.29, 1.82) is 15.8 Å². The van der Waals surface area contributed by atoms with E-state index in [0.29, 0.717) is 55.7 Å². The van der Waals surface area contributed by atoms with E-state index in [4.69, 9.17) is 4.98 Å². The van der Waals surface area contributed by atoms with Crippen molar-refractivity contribution < 1.29 is 13.2 Å². The molecule has 0 radical (unpaired) electrons. The lowest BCUT2D eigenvalue weighted by Crippen LogP contribution is -2.11. The van der Waals surface area contributed by atoms with E-state index in [1.54, 1.807) is 36.4 Å². The van der Waals surface area contributed by atoms with Gasteiger partial charge < -0.3 is 9.13 Å². The van der Waals surface area contributed by atoms with Gasteiger partial charge in [0.1, 0.15) is 0 Å². The zero-order chi connectivity index (χ0) is 53.9. The quantitative estimate of drug-likeness (QED) is 0.151. The number of fused-ring (bicyclic) bond motifs is 6. The summed E-state index contributed by atoms with van der Waals surface area (Å²) in [6.45, 7) is 2.03. The molecule has 10 aromatic carbocycles. The average Bonchev–Trinajstić information content (AvgIpc) is 4.09. The first-order chi connectivity index (χ1) is 38.5. The molecule has 0 aliphatic rings. The molecule has 0 bridgehead atoms. The molecule has 372 valence electrons. The number of nitriles is 3. The van der Waals surface area contributed by atoms with E-state index >= 15 is 13.2 Å². The number of aryl methyl sites for hydroxylation is 1. The summed E-state index contributed by atoms with van der Waals surface area (Å²) in [5.41, 5.74) is 13.9. The molecule has 9 heteroatoms. The summed E-state index contributed by atoms with van der Waals surface area (Å²) in [5, 5.41) is 32.4. The van der Waals surface area contributed by atoms with Gasteiger partial charge in [-0.2, -0.15) is 29.0 Å². The molecule has 0 N–H and O–H groups in total. The Balaban J connectivity index is 1.21. The third kappa shape index (κ3) is 8.51. The topological polar surface area (TPSA) is 94.1 Å². The maximum atomic E-state index is 16.4. The highest BCUT2D eigenvalue weighted by atomic mass is 19.4. The Morgan fingerprint density at radius 2 is 0.696 bits per heavy atom. The molecule has 0 spiro atoms. The average molecular weight is 1020 g/mol. The molecule has 0 atom stereocenters. The Hall–Kier alpha value is -10.8. The lowest BCUT2D eigenvalue weighted by atomic mass is 9.99. The molecular formula is C70H41F3N6. The van der Waals surface area contributed by atoms with Crippen molar-refractivity contribution in [3.05, 3.63) is 258 Å². The highest BCUT2D eigenvalue weighted by Gasteiger charge is 2.35. The van der Waals surface area contributed by atoms with Crippen molar-refractivity contribution in [1.82, 2.24) is 14.1 Å². The van der Waals surface area contributed by atoms with Crippen LogP contribution in [0.4, 0.5) is 13.2 Å². The van der Waals surface area contributed by atoms with Crippen molar-refractivity contribution in [3.8, 4) is 96.6 Å². The van der Waals surface area contributed by atoms with Crippen molar-refractivity contribution >= 4 is 43.6 Å². The van der Waals surface area contributed by atoms with Crippen LogP contribution in [0, 0.1) is 40.9 Å². The molecule has 3 aromatic heterocycles. The van der Waals surface area contributed by atoms with E-state index in [0.717, 1.165) is 77.2 Å². The molecule has 79 heavy (non-hydrogen) atoms. The minimum Gasteiger partial charge on any atom is -0.308 e. The van der Waals surface area contributed by atoms with Crippen LogP contribution >= 0.6 is 0 Å². The molecule has 0 fully saturated rings. The molecule has 0 aliphatic heterocycles. The summed E-state index contributed by atoms with van der Waals surface area (Å²) >= 11 is 0. The normalized spacial score (nSPS) is 11.5. The van der Waals surface area contributed by atoms with Crippen LogP contribution < -0.4 is 0 Å². The highest BCUT2D eigenvalue weighted by Crippen LogP contribution is 2.47. The van der Waals surface area contributed by atoms with Gasteiger partial charge in [0.2, 0.25) is 0 Å². The van der Waals surface area contributed by atoms with Gasteiger partial charge in [0.25, 0.3) is 0 Å². The first-order valence-corrected chi connectivity index (χ1v) is 25.6. The van der Waals surface area contributed by atoms with Crippen LogP contribution in [-0.2, 0) is 6.18 Å². The van der Waals surface area contributed by atoms with Crippen LogP contribution in [0.25, 0.3) is 122 Å². The number of hydrogen-bond acceptors (Lipinski definition) is 4. The van der Waals surface area contributed by atoms with Crippen molar-refractivity contribution in [2.24, 2.45) is 0 Å². The zero-order valence-electron chi connectivity index (χ0n) is 42.3. The Morgan fingerprint density at radius 3 is 1.05 bits per heavy atom. The monoisotopic (exact) mass is 1020 g/mol. The van der Waals surface area contributed by atoms with E-state index in [1.165, 1.54) is 12.1 Å². The van der Waals surface area contributed by atoms with E-state index in [-0.39, 0.29) is 11.4 Å². The second-order valence-corrected chi connectivity index (χ2v) is 19.7. The maximum Gasteiger partial charge on any atom is 0.416 e. The molecule has 13 aromatic rings. The minimum absolute atomic E-state index is 0.240. The number of nitrogens with zero attached hydrogens (tertiary/aromatic N) is 6. The van der Waals surface area contributed by atoms with Crippen LogP contribution in [-0.4, -0.2) is 14.1 Å². The lowest BCUT2D eigenvalue weighted by molar-refractivity contribution is -0.137. The summed E-state index contributed by atoms with van der Waals surface area (Å²) in [6.07, 6.45) is -4.83. The number of rotatable bonds is 8. The first kappa shape index (κ1) is 47.9. The smallest absolute Gasteiger partial charge is 0.308 e. The molecule has 0 saturated heterocycles. The summed E-state index contributed by atoms with van der Waals surface area (Å²) < 4.78 is 53.0. The van der Waals surface area contributed by atoms with Crippen LogP contribution in [0.5, 0.6) is 0 Å². The minimum atomic E-state index is -4.83. The number of aromatic nitrogens is 3. The molecule has 13 rings (SSSR count). The van der Waals surface area contributed by atoms with E-state index in [1.807, 2.05) is 168 Å². The maximum absolute atomic E-state index is 16.4. The molecule has 0 unspecified atom stereocenters. The highest BCUT2D eigenvalue weighted by molar-refractivity contribution is 6.14. The molecule has 0 amide bonds. The summed E-state index contributed by atoms with van der Waals surface area (Å²) in [7, 11) is 0. The zero-order valence-corrected chi connectivity index (χ0v) is 42.3. The molecule has 6 nitrogen and oxygen atoms in total.